The second-order valence-corrected chi connectivity index (χ2v) is 6.45. The topological polar surface area (TPSA) is 113 Å². The van der Waals surface area contributed by atoms with Gasteiger partial charge in [0.25, 0.3) is 0 Å². The first-order valence-electron chi connectivity index (χ1n) is 8.81. The van der Waals surface area contributed by atoms with E-state index in [0.717, 1.165) is 5.56 Å². The predicted molar refractivity (Wildman–Crippen MR) is 99.2 cm³/mol. The fourth-order valence-corrected chi connectivity index (χ4v) is 3.18. The monoisotopic (exact) mass is 381 g/mol. The average Bonchev–Trinajstić information content (AvgIpc) is 3.45. The maximum absolute atomic E-state index is 12.5. The van der Waals surface area contributed by atoms with Crippen LogP contribution in [0.15, 0.2) is 47.1 Å². The molecule has 0 bridgehead atoms. The number of aromatic amines is 1. The first-order valence-corrected chi connectivity index (χ1v) is 8.81. The predicted octanol–water partition coefficient (Wildman–Crippen LogP) is 2.06. The molecule has 1 atom stereocenters. The second-order valence-electron chi connectivity index (χ2n) is 6.45. The first-order chi connectivity index (χ1) is 13.6. The van der Waals surface area contributed by atoms with E-state index in [-0.39, 0.29) is 24.2 Å². The summed E-state index contributed by atoms with van der Waals surface area (Å²) >= 11 is 0. The zero-order valence-corrected chi connectivity index (χ0v) is 15.2. The number of H-pyrrole nitrogens is 1. The number of hydrogen-bond donors (Lipinski definition) is 2. The second kappa shape index (κ2) is 7.55. The summed E-state index contributed by atoms with van der Waals surface area (Å²) in [7, 11) is 1.57. The maximum atomic E-state index is 12.5. The third-order valence-electron chi connectivity index (χ3n) is 4.59. The summed E-state index contributed by atoms with van der Waals surface area (Å²) in [6, 6.07) is 10.9. The van der Waals surface area contributed by atoms with E-state index in [1.165, 1.54) is 0 Å². The lowest BCUT2D eigenvalue weighted by Crippen LogP contribution is -2.28. The summed E-state index contributed by atoms with van der Waals surface area (Å²) in [5, 5.41) is 9.51. The van der Waals surface area contributed by atoms with Crippen LogP contribution < -0.4 is 10.1 Å². The molecule has 2 amide bonds. The number of para-hydroxylation sites is 1. The number of likely N-dealkylation sites (tertiary alicyclic amines) is 1. The Balaban J connectivity index is 1.40. The SMILES string of the molecule is COc1ccccc1-c1nc(NC(=O)C2CC(=O)N(Cc3ccco3)C2)n[nH]1. The molecule has 2 aromatic heterocycles. The van der Waals surface area contributed by atoms with Crippen LogP contribution in [-0.2, 0) is 16.1 Å². The number of furan rings is 1. The quantitative estimate of drug-likeness (QED) is 0.676. The van der Waals surface area contributed by atoms with Crippen molar-refractivity contribution >= 4 is 17.8 Å². The molecule has 3 aromatic rings. The van der Waals surface area contributed by atoms with Gasteiger partial charge in [-0.25, -0.2) is 0 Å². The minimum absolute atomic E-state index is 0.0822. The van der Waals surface area contributed by atoms with E-state index >= 15 is 0 Å². The van der Waals surface area contributed by atoms with Crippen LogP contribution >= 0.6 is 0 Å². The van der Waals surface area contributed by atoms with Crippen molar-refractivity contribution in [1.82, 2.24) is 20.1 Å². The molecule has 1 saturated heterocycles. The zero-order valence-electron chi connectivity index (χ0n) is 15.2. The minimum Gasteiger partial charge on any atom is -0.496 e. The molecule has 1 fully saturated rings. The summed E-state index contributed by atoms with van der Waals surface area (Å²) in [5.41, 5.74) is 0.735. The third kappa shape index (κ3) is 3.59. The van der Waals surface area contributed by atoms with E-state index in [1.807, 2.05) is 24.3 Å². The van der Waals surface area contributed by atoms with E-state index in [9.17, 15) is 9.59 Å². The Kier molecular flexibility index (Phi) is 4.79. The number of anilines is 1. The number of nitrogens with one attached hydrogen (secondary N) is 2. The van der Waals surface area contributed by atoms with E-state index in [4.69, 9.17) is 9.15 Å². The molecule has 1 aromatic carbocycles. The molecule has 1 aliphatic rings. The Labute approximate surface area is 160 Å². The Morgan fingerprint density at radius 2 is 2.21 bits per heavy atom. The first kappa shape index (κ1) is 17.8. The standard InChI is InChI=1S/C19H19N5O4/c1-27-15-7-3-2-6-14(15)17-20-19(23-22-17)21-18(26)12-9-16(25)24(10-12)11-13-5-4-8-28-13/h2-8,12H,9-11H2,1H3,(H2,20,21,22,23,26). The van der Waals surface area contributed by atoms with Crippen LogP contribution in [0, 0.1) is 5.92 Å². The molecule has 144 valence electrons. The number of benzene rings is 1. The lowest BCUT2D eigenvalue weighted by molar-refractivity contribution is -0.128. The van der Waals surface area contributed by atoms with Crippen LogP contribution in [0.4, 0.5) is 5.95 Å². The summed E-state index contributed by atoms with van der Waals surface area (Å²) in [6.45, 7) is 0.684. The Morgan fingerprint density at radius 1 is 1.36 bits per heavy atom. The number of methoxy groups -OCH3 is 1. The van der Waals surface area contributed by atoms with E-state index in [1.54, 1.807) is 30.4 Å². The maximum Gasteiger partial charge on any atom is 0.249 e. The molecule has 0 aliphatic carbocycles. The Morgan fingerprint density at radius 3 is 3.00 bits per heavy atom. The van der Waals surface area contributed by atoms with Gasteiger partial charge in [0.2, 0.25) is 17.8 Å². The van der Waals surface area contributed by atoms with E-state index in [2.05, 4.69) is 20.5 Å². The normalized spacial score (nSPS) is 16.4. The molecule has 1 aliphatic heterocycles. The van der Waals surface area contributed by atoms with Gasteiger partial charge in [-0.1, -0.05) is 12.1 Å². The number of hydrogen-bond acceptors (Lipinski definition) is 6. The van der Waals surface area contributed by atoms with Crippen molar-refractivity contribution < 1.29 is 18.7 Å². The van der Waals surface area contributed by atoms with Gasteiger partial charge < -0.3 is 14.1 Å². The Hall–Kier alpha value is -3.62. The molecular weight excluding hydrogens is 362 g/mol. The summed E-state index contributed by atoms with van der Waals surface area (Å²) < 4.78 is 10.6. The fourth-order valence-electron chi connectivity index (χ4n) is 3.18. The highest BCUT2D eigenvalue weighted by Crippen LogP contribution is 2.27. The van der Waals surface area contributed by atoms with Crippen LogP contribution in [0.25, 0.3) is 11.4 Å². The number of carbonyl (C=O) groups excluding carboxylic acids is 2. The van der Waals surface area contributed by atoms with Crippen molar-refractivity contribution in [3.05, 3.63) is 48.4 Å². The molecule has 1 unspecified atom stereocenters. The van der Waals surface area contributed by atoms with Gasteiger partial charge >= 0.3 is 0 Å². The third-order valence-corrected chi connectivity index (χ3v) is 4.59. The molecule has 0 radical (unpaired) electrons. The molecule has 0 saturated carbocycles. The largest absolute Gasteiger partial charge is 0.496 e. The number of aromatic nitrogens is 3. The van der Waals surface area contributed by atoms with Gasteiger partial charge in [-0.2, -0.15) is 4.98 Å². The lowest BCUT2D eigenvalue weighted by atomic mass is 10.1. The lowest BCUT2D eigenvalue weighted by Gasteiger charge is -2.14. The molecule has 2 N–H and O–H groups in total. The van der Waals surface area contributed by atoms with Gasteiger partial charge in [0.05, 0.1) is 31.4 Å². The number of nitrogens with zero attached hydrogens (tertiary/aromatic N) is 3. The van der Waals surface area contributed by atoms with E-state index in [0.29, 0.717) is 30.4 Å². The van der Waals surface area contributed by atoms with Crippen molar-refractivity contribution in [1.29, 1.82) is 0 Å². The molecule has 9 heteroatoms. The highest BCUT2D eigenvalue weighted by molar-refractivity contribution is 5.96. The van der Waals surface area contributed by atoms with Gasteiger partial charge in [0, 0.05) is 13.0 Å². The van der Waals surface area contributed by atoms with Crippen LogP contribution in [0.1, 0.15) is 12.2 Å². The number of ether oxygens (including phenoxy) is 1. The smallest absolute Gasteiger partial charge is 0.249 e. The van der Waals surface area contributed by atoms with Crippen molar-refractivity contribution in [3.63, 3.8) is 0 Å². The summed E-state index contributed by atoms with van der Waals surface area (Å²) in [4.78, 5) is 30.6. The molecule has 3 heterocycles. The highest BCUT2D eigenvalue weighted by atomic mass is 16.5. The van der Waals surface area contributed by atoms with Crippen LogP contribution in [-0.4, -0.2) is 45.6 Å². The molecule has 4 rings (SSSR count). The molecular formula is C19H19N5O4. The van der Waals surface area contributed by atoms with Crippen LogP contribution in [0.5, 0.6) is 5.75 Å². The van der Waals surface area contributed by atoms with Crippen LogP contribution in [0.2, 0.25) is 0 Å². The van der Waals surface area contributed by atoms with Crippen molar-refractivity contribution in [2.45, 2.75) is 13.0 Å². The molecule has 9 nitrogen and oxygen atoms in total. The summed E-state index contributed by atoms with van der Waals surface area (Å²) in [5.74, 6) is 1.13. The van der Waals surface area contributed by atoms with Crippen LogP contribution in [0.3, 0.4) is 0 Å². The number of amides is 2. The zero-order chi connectivity index (χ0) is 19.5. The average molecular weight is 381 g/mol. The van der Waals surface area contributed by atoms with Gasteiger partial charge in [0.1, 0.15) is 11.5 Å². The number of rotatable bonds is 6. The highest BCUT2D eigenvalue weighted by Gasteiger charge is 2.35. The number of carbonyl (C=O) groups is 2. The fraction of sp³-hybridized carbons (Fsp3) is 0.263. The van der Waals surface area contributed by atoms with Gasteiger partial charge in [-0.15, -0.1) is 5.10 Å². The Bertz CT molecular complexity index is 982. The van der Waals surface area contributed by atoms with E-state index < -0.39 is 5.92 Å². The summed E-state index contributed by atoms with van der Waals surface area (Å²) in [6.07, 6.45) is 1.71. The minimum atomic E-state index is -0.462. The molecule has 28 heavy (non-hydrogen) atoms. The van der Waals surface area contributed by atoms with Crippen molar-refractivity contribution in [3.8, 4) is 17.1 Å². The molecule has 0 spiro atoms. The van der Waals surface area contributed by atoms with Gasteiger partial charge in [0.15, 0.2) is 5.82 Å². The van der Waals surface area contributed by atoms with Crippen molar-refractivity contribution in [2.75, 3.05) is 19.0 Å². The van der Waals surface area contributed by atoms with Gasteiger partial charge in [-0.05, 0) is 24.3 Å². The van der Waals surface area contributed by atoms with Crippen molar-refractivity contribution in [2.24, 2.45) is 5.92 Å². The van der Waals surface area contributed by atoms with Gasteiger partial charge in [-0.3, -0.25) is 20.0 Å².